The predicted octanol–water partition coefficient (Wildman–Crippen LogP) is 1.56. The molecule has 1 N–H and O–H groups in total. The van der Waals surface area contributed by atoms with E-state index in [1.165, 1.54) is 7.11 Å². The zero-order valence-electron chi connectivity index (χ0n) is 9.52. The molecule has 2 rings (SSSR count). The van der Waals surface area contributed by atoms with Crippen LogP contribution in [0.2, 0.25) is 5.02 Å². The van der Waals surface area contributed by atoms with Gasteiger partial charge >= 0.3 is 0 Å². The monoisotopic (exact) mass is 255 g/mol. The van der Waals surface area contributed by atoms with E-state index in [4.69, 9.17) is 16.3 Å². The van der Waals surface area contributed by atoms with Gasteiger partial charge in [0.1, 0.15) is 5.75 Å². The molecule has 1 aromatic carbocycles. The number of carbonyl (C=O) groups is 1. The molecule has 0 saturated carbocycles. The maximum absolute atomic E-state index is 12.2. The molecule has 5 heteroatoms. The van der Waals surface area contributed by atoms with E-state index in [9.17, 15) is 9.90 Å². The van der Waals surface area contributed by atoms with Crippen molar-refractivity contribution in [3.8, 4) is 5.75 Å². The molecule has 1 atom stereocenters. The van der Waals surface area contributed by atoms with Crippen LogP contribution in [0.25, 0.3) is 0 Å². The van der Waals surface area contributed by atoms with Crippen molar-refractivity contribution in [1.29, 1.82) is 0 Å². The Balaban J connectivity index is 2.24. The molecular formula is C12H14ClNO3. The van der Waals surface area contributed by atoms with E-state index in [0.29, 0.717) is 35.8 Å². The van der Waals surface area contributed by atoms with E-state index < -0.39 is 6.10 Å². The van der Waals surface area contributed by atoms with Crippen LogP contribution in [0.5, 0.6) is 5.75 Å². The summed E-state index contributed by atoms with van der Waals surface area (Å²) in [5.74, 6) is 0.332. The number of methoxy groups -OCH3 is 1. The van der Waals surface area contributed by atoms with Crippen molar-refractivity contribution in [3.05, 3.63) is 28.8 Å². The maximum atomic E-state index is 12.2. The summed E-state index contributed by atoms with van der Waals surface area (Å²) in [5.41, 5.74) is 0.478. The summed E-state index contributed by atoms with van der Waals surface area (Å²) in [6, 6.07) is 4.92. The van der Waals surface area contributed by atoms with Crippen molar-refractivity contribution in [2.24, 2.45) is 0 Å². The molecule has 1 amide bonds. The predicted molar refractivity (Wildman–Crippen MR) is 64.5 cm³/mol. The van der Waals surface area contributed by atoms with Crippen molar-refractivity contribution in [2.45, 2.75) is 12.5 Å². The molecule has 0 bridgehead atoms. The largest absolute Gasteiger partial charge is 0.496 e. The number of carbonyl (C=O) groups excluding carboxylic acids is 1. The molecule has 0 aliphatic carbocycles. The smallest absolute Gasteiger partial charge is 0.257 e. The molecule has 1 aromatic rings. The highest BCUT2D eigenvalue weighted by atomic mass is 35.5. The van der Waals surface area contributed by atoms with Gasteiger partial charge in [0.15, 0.2) is 0 Å². The fourth-order valence-electron chi connectivity index (χ4n) is 1.94. The fraction of sp³-hybridized carbons (Fsp3) is 0.417. The number of amides is 1. The number of nitrogens with zero attached hydrogens (tertiary/aromatic N) is 1. The van der Waals surface area contributed by atoms with Gasteiger partial charge in [-0.15, -0.1) is 0 Å². The molecular weight excluding hydrogens is 242 g/mol. The summed E-state index contributed by atoms with van der Waals surface area (Å²) < 4.78 is 5.14. The summed E-state index contributed by atoms with van der Waals surface area (Å²) in [4.78, 5) is 13.8. The minimum Gasteiger partial charge on any atom is -0.496 e. The molecule has 0 aromatic heterocycles. The van der Waals surface area contributed by atoms with Crippen LogP contribution in [0.4, 0.5) is 0 Å². The SMILES string of the molecule is COc1cc(Cl)ccc1C(=O)N1CCC(O)C1. The van der Waals surface area contributed by atoms with Crippen molar-refractivity contribution in [1.82, 2.24) is 4.90 Å². The van der Waals surface area contributed by atoms with Crippen LogP contribution in [-0.2, 0) is 0 Å². The van der Waals surface area contributed by atoms with Gasteiger partial charge in [0.25, 0.3) is 5.91 Å². The molecule has 0 radical (unpaired) electrons. The molecule has 17 heavy (non-hydrogen) atoms. The Morgan fingerprint density at radius 1 is 1.59 bits per heavy atom. The number of aliphatic hydroxyl groups excluding tert-OH is 1. The number of rotatable bonds is 2. The topological polar surface area (TPSA) is 49.8 Å². The second-order valence-corrected chi connectivity index (χ2v) is 4.47. The van der Waals surface area contributed by atoms with E-state index in [2.05, 4.69) is 0 Å². The quantitative estimate of drug-likeness (QED) is 0.873. The number of hydrogen-bond acceptors (Lipinski definition) is 3. The highest BCUT2D eigenvalue weighted by Crippen LogP contribution is 2.25. The van der Waals surface area contributed by atoms with E-state index in [0.717, 1.165) is 0 Å². The van der Waals surface area contributed by atoms with Crippen LogP contribution in [0.15, 0.2) is 18.2 Å². The van der Waals surface area contributed by atoms with Crippen molar-refractivity contribution < 1.29 is 14.6 Å². The number of likely N-dealkylation sites (tertiary alicyclic amines) is 1. The van der Waals surface area contributed by atoms with Gasteiger partial charge in [-0.2, -0.15) is 0 Å². The van der Waals surface area contributed by atoms with Gasteiger partial charge in [0.2, 0.25) is 0 Å². The van der Waals surface area contributed by atoms with E-state index in [1.807, 2.05) is 0 Å². The Bertz CT molecular complexity index is 436. The molecule has 1 fully saturated rings. The highest BCUT2D eigenvalue weighted by molar-refractivity contribution is 6.30. The third-order valence-corrected chi connectivity index (χ3v) is 3.08. The number of aliphatic hydroxyl groups is 1. The molecule has 0 spiro atoms. The fourth-order valence-corrected chi connectivity index (χ4v) is 2.10. The number of benzene rings is 1. The second-order valence-electron chi connectivity index (χ2n) is 4.04. The molecule has 1 unspecified atom stereocenters. The number of hydrogen-bond donors (Lipinski definition) is 1. The Kier molecular flexibility index (Phi) is 3.54. The van der Waals surface area contributed by atoms with Crippen LogP contribution < -0.4 is 4.74 Å². The summed E-state index contributed by atoms with van der Waals surface area (Å²) in [6.45, 7) is 0.955. The maximum Gasteiger partial charge on any atom is 0.257 e. The van der Waals surface area contributed by atoms with Gasteiger partial charge in [0, 0.05) is 18.1 Å². The first-order valence-electron chi connectivity index (χ1n) is 5.42. The first kappa shape index (κ1) is 12.2. The normalized spacial score (nSPS) is 19.5. The van der Waals surface area contributed by atoms with Gasteiger partial charge in [-0.1, -0.05) is 11.6 Å². The zero-order chi connectivity index (χ0) is 12.4. The van der Waals surface area contributed by atoms with Gasteiger partial charge in [-0.25, -0.2) is 0 Å². The Hall–Kier alpha value is -1.26. The van der Waals surface area contributed by atoms with Crippen LogP contribution in [0.1, 0.15) is 16.8 Å². The summed E-state index contributed by atoms with van der Waals surface area (Å²) in [6.07, 6.45) is 0.207. The van der Waals surface area contributed by atoms with E-state index >= 15 is 0 Å². The summed E-state index contributed by atoms with van der Waals surface area (Å²) in [5, 5.41) is 9.95. The first-order valence-corrected chi connectivity index (χ1v) is 5.80. The average molecular weight is 256 g/mol. The van der Waals surface area contributed by atoms with E-state index in [-0.39, 0.29) is 5.91 Å². The molecule has 1 saturated heterocycles. The first-order chi connectivity index (χ1) is 8.11. The van der Waals surface area contributed by atoms with Crippen LogP contribution in [-0.4, -0.2) is 42.2 Å². The van der Waals surface area contributed by atoms with Crippen LogP contribution >= 0.6 is 11.6 Å². The zero-order valence-corrected chi connectivity index (χ0v) is 10.3. The third-order valence-electron chi connectivity index (χ3n) is 2.84. The van der Waals surface area contributed by atoms with Gasteiger partial charge in [-0.3, -0.25) is 4.79 Å². The number of halogens is 1. The lowest BCUT2D eigenvalue weighted by molar-refractivity contribution is 0.0761. The van der Waals surface area contributed by atoms with Crippen LogP contribution in [0.3, 0.4) is 0 Å². The molecule has 1 aliphatic heterocycles. The summed E-state index contributed by atoms with van der Waals surface area (Å²) >= 11 is 5.84. The standard InChI is InChI=1S/C12H14ClNO3/c1-17-11-6-8(13)2-3-10(11)12(16)14-5-4-9(15)7-14/h2-3,6,9,15H,4-5,7H2,1H3. The Morgan fingerprint density at radius 2 is 2.35 bits per heavy atom. The Labute approximate surface area is 105 Å². The van der Waals surface area contributed by atoms with Crippen LogP contribution in [0, 0.1) is 0 Å². The van der Waals surface area contributed by atoms with Crippen molar-refractivity contribution in [2.75, 3.05) is 20.2 Å². The molecule has 4 nitrogen and oxygen atoms in total. The third kappa shape index (κ3) is 2.53. The van der Waals surface area contributed by atoms with Crippen molar-refractivity contribution >= 4 is 17.5 Å². The lowest BCUT2D eigenvalue weighted by atomic mass is 10.2. The minimum atomic E-state index is -0.419. The highest BCUT2D eigenvalue weighted by Gasteiger charge is 2.27. The Morgan fingerprint density at radius 3 is 2.94 bits per heavy atom. The summed E-state index contributed by atoms with van der Waals surface area (Å²) in [7, 11) is 1.50. The van der Waals surface area contributed by atoms with Gasteiger partial charge in [0.05, 0.1) is 18.8 Å². The van der Waals surface area contributed by atoms with Gasteiger partial charge < -0.3 is 14.7 Å². The molecule has 1 aliphatic rings. The average Bonchev–Trinajstić information content (AvgIpc) is 2.75. The lowest BCUT2D eigenvalue weighted by Crippen LogP contribution is -2.29. The molecule has 1 heterocycles. The van der Waals surface area contributed by atoms with Gasteiger partial charge in [-0.05, 0) is 24.6 Å². The number of β-amino-alcohol motifs (C(OH)–C–C–N with tert-alkyl or cyclic N) is 1. The second kappa shape index (κ2) is 4.94. The number of ether oxygens (including phenoxy) is 1. The van der Waals surface area contributed by atoms with E-state index in [1.54, 1.807) is 23.1 Å². The minimum absolute atomic E-state index is 0.130. The van der Waals surface area contributed by atoms with Crippen molar-refractivity contribution in [3.63, 3.8) is 0 Å². The lowest BCUT2D eigenvalue weighted by Gasteiger charge is -2.17. The molecule has 92 valence electrons.